The molecule has 0 aromatic heterocycles. The molecular formula is C94H86Cl2O4Si2Zr-4. The van der Waals surface area contributed by atoms with E-state index in [4.69, 9.17) is 36.0 Å². The zero-order valence-electron chi connectivity index (χ0n) is 60.4. The Hall–Kier alpha value is -8.78. The van der Waals surface area contributed by atoms with Crippen molar-refractivity contribution in [3.63, 3.8) is 0 Å². The Bertz CT molecular complexity index is 4760. The Morgan fingerprint density at radius 3 is 0.738 bits per heavy atom. The monoisotopic (exact) mass is 1490 g/mol. The van der Waals surface area contributed by atoms with Crippen molar-refractivity contribution in [1.29, 1.82) is 0 Å². The van der Waals surface area contributed by atoms with Gasteiger partial charge in [-0.25, -0.2) is 0 Å². The summed E-state index contributed by atoms with van der Waals surface area (Å²) in [6, 6.07) is 62.2. The molecule has 4 aliphatic rings. The van der Waals surface area contributed by atoms with Gasteiger partial charge in [0.15, 0.2) is 0 Å². The van der Waals surface area contributed by atoms with Gasteiger partial charge in [-0.2, -0.15) is 68.8 Å². The first-order valence-electron chi connectivity index (χ1n) is 36.2. The molecule has 2 radical (unpaired) electrons. The zero-order chi connectivity index (χ0) is 71.4. The molecule has 0 amide bonds. The zero-order valence-corrected chi connectivity index (χ0v) is 66.4. The molecule has 103 heavy (non-hydrogen) atoms. The van der Waals surface area contributed by atoms with E-state index in [2.05, 4.69) is 336 Å². The number of rotatable bonds is 16. The summed E-state index contributed by atoms with van der Waals surface area (Å²) in [5, 5.41) is 15.6. The fourth-order valence-electron chi connectivity index (χ4n) is 17.0. The van der Waals surface area contributed by atoms with Crippen molar-refractivity contribution in [2.75, 3.05) is 26.4 Å². The van der Waals surface area contributed by atoms with Crippen LogP contribution in [0.25, 0.3) is 67.4 Å². The molecule has 9 heteroatoms. The van der Waals surface area contributed by atoms with Crippen molar-refractivity contribution in [3.8, 4) is 23.0 Å². The number of ether oxygens (including phenoxy) is 4. The summed E-state index contributed by atoms with van der Waals surface area (Å²) in [6.45, 7) is 25.1. The number of benzene rings is 8. The molecular weight excluding hydrogens is 1410 g/mol. The Labute approximate surface area is 630 Å². The molecule has 0 bridgehead atoms. The van der Waals surface area contributed by atoms with Crippen LogP contribution in [0.1, 0.15) is 140 Å². The molecule has 12 aromatic carbocycles. The summed E-state index contributed by atoms with van der Waals surface area (Å²) < 4.78 is 25.7. The van der Waals surface area contributed by atoms with Crippen LogP contribution < -0.4 is 39.7 Å². The van der Waals surface area contributed by atoms with Gasteiger partial charge < -0.3 is 18.9 Å². The van der Waals surface area contributed by atoms with Gasteiger partial charge in [-0.15, -0.1) is 91.6 Å². The number of aryl methyl sites for hydroxylation is 4. The second-order valence-electron chi connectivity index (χ2n) is 27.0. The second kappa shape index (κ2) is 31.7. The predicted molar refractivity (Wildman–Crippen MR) is 441 cm³/mol. The molecule has 0 saturated heterocycles. The number of halogens is 2. The summed E-state index contributed by atoms with van der Waals surface area (Å²) in [5.41, 5.74) is 21.4. The first kappa shape index (κ1) is 71.2. The molecule has 0 heterocycles. The standard InChI is InChI=1S/2C47H43O2Si.2ClH.Zr/c2*1-6-48-44-34-18-10-8-16-32(34)24-26-38(44)36-20-12-14-22-40-42(36)28-30(3)46(40)50(5)47-31(4)29-43-37(21-13-15-23-41(43)47)39-27-25-33-17-9-11-19-35(33)45(39)49-7-2;;;/h2*8-29,36-37H,6-7H2,1-5H3;2*1H;/q2*-2;;;+2/p-2. The van der Waals surface area contributed by atoms with Crippen LogP contribution in [0.3, 0.4) is 0 Å². The second-order valence-corrected chi connectivity index (χ2v) is 35.3. The Balaban J connectivity index is 0.000000168. The van der Waals surface area contributed by atoms with E-state index in [9.17, 15) is 0 Å². The van der Waals surface area contributed by atoms with E-state index < -0.39 is 38.4 Å². The van der Waals surface area contributed by atoms with Crippen molar-refractivity contribution < 1.29 is 39.8 Å². The van der Waals surface area contributed by atoms with Crippen LogP contribution in [0.5, 0.6) is 23.0 Å². The average Bonchev–Trinajstić information content (AvgIpc) is 1.61. The van der Waals surface area contributed by atoms with Crippen molar-refractivity contribution in [3.05, 3.63) is 332 Å². The Morgan fingerprint density at radius 2 is 0.524 bits per heavy atom. The Kier molecular flexibility index (Phi) is 21.9. The van der Waals surface area contributed by atoms with Gasteiger partial charge >= 0.3 is 37.9 Å². The van der Waals surface area contributed by atoms with E-state index in [1.165, 1.54) is 153 Å². The first-order valence-corrected chi connectivity index (χ1v) is 46.6. The third kappa shape index (κ3) is 13.6. The molecule has 0 aliphatic heterocycles. The summed E-state index contributed by atoms with van der Waals surface area (Å²) in [4.78, 5) is 0. The van der Waals surface area contributed by atoms with Crippen molar-refractivity contribution >= 4 is 123 Å². The topological polar surface area (TPSA) is 36.9 Å². The summed E-state index contributed by atoms with van der Waals surface area (Å²) in [7, 11) is 7.53. The van der Waals surface area contributed by atoms with Gasteiger partial charge in [-0.1, -0.05) is 235 Å². The van der Waals surface area contributed by atoms with Gasteiger partial charge in [-0.05, 0) is 95.2 Å². The van der Waals surface area contributed by atoms with Crippen LogP contribution in [0, 0.1) is 27.7 Å². The maximum atomic E-state index is 6.42. The van der Waals surface area contributed by atoms with E-state index in [0.717, 1.165) is 23.0 Å². The minimum atomic E-state index is -1.17. The van der Waals surface area contributed by atoms with Crippen molar-refractivity contribution in [1.82, 2.24) is 0 Å². The molecule has 4 nitrogen and oxygen atoms in total. The predicted octanol–water partition coefficient (Wildman–Crippen LogP) is 22.4. The number of fused-ring (bicyclic) bond motifs is 8. The number of allylic oxidation sites excluding steroid dienone is 12. The molecule has 4 aliphatic carbocycles. The number of hydrogen-bond acceptors (Lipinski definition) is 4. The number of hydrogen-bond donors (Lipinski definition) is 0. The van der Waals surface area contributed by atoms with E-state index in [-0.39, 0.29) is 23.7 Å². The molecule has 0 N–H and O–H groups in total. The third-order valence-corrected chi connectivity index (χ3v) is 26.7. The average molecular weight is 1500 g/mol. The van der Waals surface area contributed by atoms with Crippen molar-refractivity contribution in [2.24, 2.45) is 0 Å². The van der Waals surface area contributed by atoms with Crippen LogP contribution in [0.4, 0.5) is 0 Å². The minimum absolute atomic E-state index is 0.102. The van der Waals surface area contributed by atoms with Gasteiger partial charge in [0.25, 0.3) is 0 Å². The Morgan fingerprint density at radius 1 is 0.311 bits per heavy atom. The quantitative estimate of drug-likeness (QED) is 0.0714. The van der Waals surface area contributed by atoms with Crippen LogP contribution in [0.15, 0.2) is 243 Å². The molecule has 0 saturated carbocycles. The SMILES string of the molecule is CCOc1c(C2C=CC=Cc3c2cc(C)[c-]3[Si](C)[c-]2c(C)cc3c2C=CC=CC3c2ccc3ccccc3c2OCC)ccc2ccccc12.CCOc1c(C2C=CC=Cc3c2cc(C)[c-]3[Si](C)[c-]2c(C)cc3c2C=CC=CC3c2ccc3ccccc3c2OCC)ccc2ccccc12.[Cl][Zr][Cl]. The van der Waals surface area contributed by atoms with E-state index in [1.54, 1.807) is 0 Å². The van der Waals surface area contributed by atoms with Crippen LogP contribution in [0.2, 0.25) is 13.1 Å². The fourth-order valence-corrected chi connectivity index (χ4v) is 22.7. The van der Waals surface area contributed by atoms with Crippen molar-refractivity contribution in [2.45, 2.75) is 92.2 Å². The molecule has 0 spiro atoms. The maximum absolute atomic E-state index is 6.42. The van der Waals surface area contributed by atoms with E-state index in [1.807, 2.05) is 0 Å². The van der Waals surface area contributed by atoms with Crippen LogP contribution >= 0.6 is 17.0 Å². The first-order chi connectivity index (χ1) is 50.4. The van der Waals surface area contributed by atoms with Gasteiger partial charge in [-0.3, -0.25) is 0 Å². The summed E-state index contributed by atoms with van der Waals surface area (Å²) in [6.07, 6.45) is 36.6. The van der Waals surface area contributed by atoms with Gasteiger partial charge in [0.05, 0.1) is 26.4 Å². The van der Waals surface area contributed by atoms with E-state index >= 15 is 0 Å². The summed E-state index contributed by atoms with van der Waals surface area (Å²) >= 11 is -0.826. The molecule has 4 atom stereocenters. The van der Waals surface area contributed by atoms with Gasteiger partial charge in [0, 0.05) is 39.1 Å². The molecule has 516 valence electrons. The van der Waals surface area contributed by atoms with Crippen LogP contribution in [-0.2, 0) is 20.8 Å². The molecule has 16 rings (SSSR count). The molecule has 0 fully saturated rings. The van der Waals surface area contributed by atoms with Gasteiger partial charge in [0.2, 0.25) is 0 Å². The summed E-state index contributed by atoms with van der Waals surface area (Å²) in [5.74, 6) is 4.39. The molecule has 12 aromatic rings. The molecule has 4 unspecified atom stereocenters. The van der Waals surface area contributed by atoms with Crippen LogP contribution in [-0.4, -0.2) is 44.0 Å². The normalized spacial score (nSPS) is 16.2. The third-order valence-electron chi connectivity index (χ3n) is 21.1. The fraction of sp³-hybridized carbons (Fsp3) is 0.191. The van der Waals surface area contributed by atoms with Gasteiger partial charge in [0.1, 0.15) is 23.0 Å². The van der Waals surface area contributed by atoms with E-state index in [0.29, 0.717) is 26.4 Å².